The van der Waals surface area contributed by atoms with Crippen molar-refractivity contribution in [2.75, 3.05) is 5.32 Å². The van der Waals surface area contributed by atoms with Crippen molar-refractivity contribution >= 4 is 17.3 Å². The zero-order chi connectivity index (χ0) is 18.4. The maximum absolute atomic E-state index is 5.96. The molecule has 0 bridgehead atoms. The normalized spacial score (nSPS) is 21.2. The van der Waals surface area contributed by atoms with E-state index in [1.165, 1.54) is 44.1 Å². The van der Waals surface area contributed by atoms with Crippen molar-refractivity contribution in [3.8, 4) is 0 Å². The van der Waals surface area contributed by atoms with Crippen molar-refractivity contribution < 1.29 is 0 Å². The van der Waals surface area contributed by atoms with Crippen LogP contribution in [0.4, 0.5) is 5.69 Å². The molecule has 1 fully saturated rings. The van der Waals surface area contributed by atoms with Crippen molar-refractivity contribution in [2.24, 2.45) is 17.8 Å². The van der Waals surface area contributed by atoms with E-state index in [1.54, 1.807) is 0 Å². The summed E-state index contributed by atoms with van der Waals surface area (Å²) in [6.07, 6.45) is 7.90. The van der Waals surface area contributed by atoms with E-state index in [1.807, 2.05) is 24.3 Å². The van der Waals surface area contributed by atoms with Gasteiger partial charge in [-0.05, 0) is 73.3 Å². The van der Waals surface area contributed by atoms with Crippen LogP contribution in [0.1, 0.15) is 44.6 Å². The number of aryl methyl sites for hydroxylation is 1. The molecule has 2 aromatic rings. The molecule has 1 N–H and O–H groups in total. The van der Waals surface area contributed by atoms with E-state index in [0.29, 0.717) is 5.92 Å². The molecule has 3 rings (SSSR count). The lowest BCUT2D eigenvalue weighted by Crippen LogP contribution is -2.23. The van der Waals surface area contributed by atoms with Gasteiger partial charge in [0.05, 0.1) is 0 Å². The van der Waals surface area contributed by atoms with Crippen LogP contribution < -0.4 is 5.32 Å². The van der Waals surface area contributed by atoms with E-state index in [4.69, 9.17) is 11.6 Å². The highest BCUT2D eigenvalue weighted by atomic mass is 35.5. The Kier molecular flexibility index (Phi) is 6.80. The molecule has 1 unspecified atom stereocenters. The zero-order valence-corrected chi connectivity index (χ0v) is 16.5. The van der Waals surface area contributed by atoms with Crippen molar-refractivity contribution in [3.05, 3.63) is 77.5 Å². The molecule has 1 atom stereocenters. The molecule has 0 aromatic heterocycles. The van der Waals surface area contributed by atoms with Crippen molar-refractivity contribution in [2.45, 2.75) is 45.4 Å². The van der Waals surface area contributed by atoms with Crippen molar-refractivity contribution in [3.63, 3.8) is 0 Å². The van der Waals surface area contributed by atoms with Crippen LogP contribution in [-0.4, -0.2) is 0 Å². The highest BCUT2D eigenvalue weighted by Crippen LogP contribution is 2.37. The Balaban J connectivity index is 1.43. The second-order valence-electron chi connectivity index (χ2n) is 7.75. The van der Waals surface area contributed by atoms with E-state index < -0.39 is 0 Å². The topological polar surface area (TPSA) is 12.0 Å². The first kappa shape index (κ1) is 19.0. The lowest BCUT2D eigenvalue weighted by Gasteiger charge is -2.33. The maximum atomic E-state index is 5.96. The molecule has 0 radical (unpaired) electrons. The largest absolute Gasteiger partial charge is 0.359 e. The van der Waals surface area contributed by atoms with Crippen molar-refractivity contribution in [1.82, 2.24) is 0 Å². The van der Waals surface area contributed by atoms with Gasteiger partial charge in [0.1, 0.15) is 0 Å². The number of halogens is 1. The van der Waals surface area contributed by atoms with E-state index >= 15 is 0 Å². The molecule has 2 heteroatoms. The third-order valence-electron chi connectivity index (χ3n) is 5.98. The number of rotatable bonds is 7. The van der Waals surface area contributed by atoms with Crippen molar-refractivity contribution in [1.29, 1.82) is 0 Å². The fourth-order valence-corrected chi connectivity index (χ4v) is 4.24. The van der Waals surface area contributed by atoms with E-state index in [9.17, 15) is 0 Å². The zero-order valence-electron chi connectivity index (χ0n) is 15.8. The summed E-state index contributed by atoms with van der Waals surface area (Å²) in [6.45, 7) is 6.62. The van der Waals surface area contributed by atoms with E-state index in [0.717, 1.165) is 28.2 Å². The van der Waals surface area contributed by atoms with Gasteiger partial charge in [0.2, 0.25) is 0 Å². The standard InChI is InChI=1S/C24H30ClN/c1-18(19(2)26-24-16-14-23(25)15-17-24)22-12-10-21(11-13-22)9-8-20-6-4-3-5-7-20/h3-7,14-18,21-22,26H,2,8-13H2,1H3. The summed E-state index contributed by atoms with van der Waals surface area (Å²) in [5.41, 5.74) is 3.67. The monoisotopic (exact) mass is 367 g/mol. The molecule has 26 heavy (non-hydrogen) atoms. The molecule has 0 aliphatic heterocycles. The van der Waals surface area contributed by atoms with Gasteiger partial charge >= 0.3 is 0 Å². The summed E-state index contributed by atoms with van der Waals surface area (Å²) in [5, 5.41) is 4.24. The Morgan fingerprint density at radius 1 is 1.04 bits per heavy atom. The minimum absolute atomic E-state index is 0.501. The first-order chi connectivity index (χ1) is 12.6. The summed E-state index contributed by atoms with van der Waals surface area (Å²) in [5.74, 6) is 2.13. The van der Waals surface area contributed by atoms with Gasteiger partial charge in [-0.15, -0.1) is 0 Å². The predicted molar refractivity (Wildman–Crippen MR) is 114 cm³/mol. The highest BCUT2D eigenvalue weighted by molar-refractivity contribution is 6.30. The van der Waals surface area contributed by atoms with Crippen LogP contribution in [0.15, 0.2) is 66.9 Å². The average Bonchev–Trinajstić information content (AvgIpc) is 2.69. The molecule has 0 heterocycles. The van der Waals surface area contributed by atoms with Crippen LogP contribution in [0.2, 0.25) is 5.02 Å². The molecule has 0 amide bonds. The second kappa shape index (κ2) is 9.28. The number of nitrogens with one attached hydrogen (secondary N) is 1. The SMILES string of the molecule is C=C(Nc1ccc(Cl)cc1)C(C)C1CCC(CCc2ccccc2)CC1. The van der Waals surface area contributed by atoms with Gasteiger partial charge in [-0.2, -0.15) is 0 Å². The number of hydrogen-bond acceptors (Lipinski definition) is 1. The van der Waals surface area contributed by atoms with Crippen LogP contribution in [0.25, 0.3) is 0 Å². The number of allylic oxidation sites excluding steroid dienone is 1. The second-order valence-corrected chi connectivity index (χ2v) is 8.19. The highest BCUT2D eigenvalue weighted by Gasteiger charge is 2.26. The van der Waals surface area contributed by atoms with Gasteiger partial charge in [-0.25, -0.2) is 0 Å². The first-order valence-electron chi connectivity index (χ1n) is 9.87. The van der Waals surface area contributed by atoms with Crippen LogP contribution in [0.5, 0.6) is 0 Å². The number of benzene rings is 2. The maximum Gasteiger partial charge on any atom is 0.0407 e. The Bertz CT molecular complexity index is 684. The van der Waals surface area contributed by atoms with E-state index in [2.05, 4.69) is 49.2 Å². The van der Waals surface area contributed by atoms with Gasteiger partial charge in [0, 0.05) is 16.4 Å². The fourth-order valence-electron chi connectivity index (χ4n) is 4.11. The Morgan fingerprint density at radius 2 is 1.69 bits per heavy atom. The lowest BCUT2D eigenvalue weighted by molar-refractivity contribution is 0.225. The molecule has 1 aliphatic rings. The van der Waals surface area contributed by atoms with Crippen LogP contribution in [0.3, 0.4) is 0 Å². The fraction of sp³-hybridized carbons (Fsp3) is 0.417. The quantitative estimate of drug-likeness (QED) is 0.539. The Morgan fingerprint density at radius 3 is 2.35 bits per heavy atom. The molecule has 1 saturated carbocycles. The van der Waals surface area contributed by atoms with Crippen LogP contribution in [0, 0.1) is 17.8 Å². The molecule has 138 valence electrons. The van der Waals surface area contributed by atoms with Gasteiger partial charge < -0.3 is 5.32 Å². The van der Waals surface area contributed by atoms with Gasteiger partial charge in [0.15, 0.2) is 0 Å². The molecular formula is C24H30ClN. The van der Waals surface area contributed by atoms with Gasteiger partial charge in [-0.3, -0.25) is 0 Å². The molecule has 1 nitrogen and oxygen atoms in total. The third kappa shape index (κ3) is 5.38. The van der Waals surface area contributed by atoms with Gasteiger partial charge in [-0.1, -0.05) is 68.3 Å². The first-order valence-corrected chi connectivity index (χ1v) is 10.2. The Hall–Kier alpha value is -1.73. The number of anilines is 1. The Labute approximate surface area is 163 Å². The molecule has 1 aliphatic carbocycles. The van der Waals surface area contributed by atoms with Crippen LogP contribution in [-0.2, 0) is 6.42 Å². The van der Waals surface area contributed by atoms with Gasteiger partial charge in [0.25, 0.3) is 0 Å². The summed E-state index contributed by atoms with van der Waals surface area (Å²) < 4.78 is 0. The number of hydrogen-bond donors (Lipinski definition) is 1. The lowest BCUT2D eigenvalue weighted by atomic mass is 9.74. The summed E-state index contributed by atoms with van der Waals surface area (Å²) >= 11 is 5.96. The molecule has 0 saturated heterocycles. The summed E-state index contributed by atoms with van der Waals surface area (Å²) in [4.78, 5) is 0. The third-order valence-corrected chi connectivity index (χ3v) is 6.23. The average molecular weight is 368 g/mol. The summed E-state index contributed by atoms with van der Waals surface area (Å²) in [7, 11) is 0. The molecule has 0 spiro atoms. The van der Waals surface area contributed by atoms with Crippen LogP contribution >= 0.6 is 11.6 Å². The predicted octanol–water partition coefficient (Wildman–Crippen LogP) is 7.34. The smallest absolute Gasteiger partial charge is 0.0407 e. The minimum Gasteiger partial charge on any atom is -0.359 e. The minimum atomic E-state index is 0.501. The molecular weight excluding hydrogens is 338 g/mol. The van der Waals surface area contributed by atoms with E-state index in [-0.39, 0.29) is 0 Å². The summed E-state index contributed by atoms with van der Waals surface area (Å²) in [6, 6.07) is 18.8. The molecule has 2 aromatic carbocycles.